The third-order valence-electron chi connectivity index (χ3n) is 12.1. The normalized spacial score (nSPS) is 11.6. The fraction of sp³-hybridized carbons (Fsp3) is 0. The molecule has 0 amide bonds. The van der Waals surface area contributed by atoms with Crippen LogP contribution in [0.25, 0.3) is 97.4 Å². The summed E-state index contributed by atoms with van der Waals surface area (Å²) in [6, 6.07) is 81.0. The van der Waals surface area contributed by atoms with Gasteiger partial charge in [0.1, 0.15) is 5.58 Å². The number of benzene rings is 10. The van der Waals surface area contributed by atoms with Crippen LogP contribution in [0.5, 0.6) is 0 Å². The van der Waals surface area contributed by atoms with Crippen LogP contribution in [0.4, 0.5) is 17.1 Å². The topological polar surface area (TPSA) is 16.4 Å². The lowest BCUT2D eigenvalue weighted by Gasteiger charge is -2.27. The number of hydrogen-bond acceptors (Lipinski definition) is 3. The molecule has 2 aromatic heterocycles. The highest BCUT2D eigenvalue weighted by molar-refractivity contribution is 7.26. The lowest BCUT2D eigenvalue weighted by atomic mass is 9.98. The summed E-state index contributed by atoms with van der Waals surface area (Å²) in [7, 11) is 0. The van der Waals surface area contributed by atoms with Gasteiger partial charge in [-0.25, -0.2) is 0 Å². The van der Waals surface area contributed by atoms with Gasteiger partial charge in [-0.15, -0.1) is 11.3 Å². The Morgan fingerprint density at radius 2 is 0.754 bits per heavy atom. The molecule has 0 aliphatic heterocycles. The van der Waals surface area contributed by atoms with Gasteiger partial charge < -0.3 is 9.32 Å². The molecular formula is C58H37NOS. The molecule has 2 nitrogen and oxygen atoms in total. The lowest BCUT2D eigenvalue weighted by molar-refractivity contribution is 0.673. The van der Waals surface area contributed by atoms with E-state index in [1.54, 1.807) is 0 Å². The fourth-order valence-corrected chi connectivity index (χ4v) is 10.1. The molecule has 0 spiro atoms. The average Bonchev–Trinajstić information content (AvgIpc) is 3.91. The van der Waals surface area contributed by atoms with Gasteiger partial charge in [-0.1, -0.05) is 176 Å². The molecule has 0 fully saturated rings. The van der Waals surface area contributed by atoms with Crippen molar-refractivity contribution < 1.29 is 4.42 Å². The van der Waals surface area contributed by atoms with Crippen LogP contribution in [0.1, 0.15) is 0 Å². The molecule has 0 atom stereocenters. The van der Waals surface area contributed by atoms with Crippen molar-refractivity contribution in [2.24, 2.45) is 0 Å². The minimum atomic E-state index is 0.873. The summed E-state index contributed by atoms with van der Waals surface area (Å²) in [6.07, 6.45) is 0. The van der Waals surface area contributed by atoms with E-state index < -0.39 is 0 Å². The Labute approximate surface area is 357 Å². The quantitative estimate of drug-likeness (QED) is 0.160. The van der Waals surface area contributed by atoms with Crippen molar-refractivity contribution in [3.63, 3.8) is 0 Å². The van der Waals surface area contributed by atoms with Crippen LogP contribution in [0.2, 0.25) is 0 Å². The lowest BCUT2D eigenvalue weighted by Crippen LogP contribution is -2.11. The Morgan fingerprint density at radius 3 is 1.30 bits per heavy atom. The van der Waals surface area contributed by atoms with E-state index in [4.69, 9.17) is 4.42 Å². The van der Waals surface area contributed by atoms with Gasteiger partial charge in [-0.2, -0.15) is 0 Å². The standard InChI is InChI=1S/C58H37NOS/c1-3-11-38(12-4-1)40-19-23-42(24-20-40)44-27-31-47(32-28-44)59(48-33-29-45(30-34-48)43-25-21-41(22-26-43)39-13-5-2-6-14-39)56-49-16-8-7-15-46(49)37-52-50-35-36-54-55(57(50)60-58(52)56)51-17-9-10-18-53(51)61-54/h1-37H. The zero-order chi connectivity index (χ0) is 40.3. The molecule has 12 rings (SSSR count). The predicted octanol–water partition coefficient (Wildman–Crippen LogP) is 17.2. The van der Waals surface area contributed by atoms with E-state index in [1.165, 1.54) is 58.9 Å². The van der Waals surface area contributed by atoms with Crippen molar-refractivity contribution >= 4 is 81.3 Å². The van der Waals surface area contributed by atoms with Gasteiger partial charge in [-0.05, 0) is 98.4 Å². The Morgan fingerprint density at radius 1 is 0.311 bits per heavy atom. The molecule has 61 heavy (non-hydrogen) atoms. The highest BCUT2D eigenvalue weighted by Crippen LogP contribution is 2.49. The van der Waals surface area contributed by atoms with Crippen LogP contribution in [0.3, 0.4) is 0 Å². The highest BCUT2D eigenvalue weighted by Gasteiger charge is 2.24. The second kappa shape index (κ2) is 14.5. The molecule has 0 aliphatic rings. The molecule has 12 aromatic rings. The molecule has 2 heterocycles. The zero-order valence-corrected chi connectivity index (χ0v) is 33.9. The first kappa shape index (κ1) is 35.2. The monoisotopic (exact) mass is 795 g/mol. The molecule has 0 aliphatic carbocycles. The summed E-state index contributed by atoms with van der Waals surface area (Å²) in [6.45, 7) is 0. The van der Waals surface area contributed by atoms with Crippen molar-refractivity contribution in [3.05, 3.63) is 224 Å². The van der Waals surface area contributed by atoms with Crippen LogP contribution in [0.15, 0.2) is 229 Å². The molecule has 0 saturated heterocycles. The van der Waals surface area contributed by atoms with Crippen molar-refractivity contribution in [2.75, 3.05) is 4.90 Å². The predicted molar refractivity (Wildman–Crippen MR) is 261 cm³/mol. The first-order valence-corrected chi connectivity index (χ1v) is 21.6. The zero-order valence-electron chi connectivity index (χ0n) is 33.1. The van der Waals surface area contributed by atoms with Crippen LogP contribution < -0.4 is 4.90 Å². The second-order valence-corrected chi connectivity index (χ2v) is 16.7. The fourth-order valence-electron chi connectivity index (χ4n) is 9.02. The van der Waals surface area contributed by atoms with Gasteiger partial charge in [-0.3, -0.25) is 0 Å². The Balaban J connectivity index is 1.03. The van der Waals surface area contributed by atoms with Gasteiger partial charge in [0.25, 0.3) is 0 Å². The van der Waals surface area contributed by atoms with Gasteiger partial charge >= 0.3 is 0 Å². The molecule has 0 radical (unpaired) electrons. The van der Waals surface area contributed by atoms with Gasteiger partial charge in [0.05, 0.1) is 5.69 Å². The van der Waals surface area contributed by atoms with E-state index in [0.29, 0.717) is 0 Å². The van der Waals surface area contributed by atoms with E-state index in [1.807, 2.05) is 11.3 Å². The van der Waals surface area contributed by atoms with E-state index in [0.717, 1.165) is 55.5 Å². The van der Waals surface area contributed by atoms with Gasteiger partial charge in [0, 0.05) is 47.7 Å². The van der Waals surface area contributed by atoms with E-state index in [-0.39, 0.29) is 0 Å². The number of hydrogen-bond donors (Lipinski definition) is 0. The number of thiophene rings is 1. The highest BCUT2D eigenvalue weighted by atomic mass is 32.1. The van der Waals surface area contributed by atoms with Crippen LogP contribution >= 0.6 is 11.3 Å². The maximum Gasteiger partial charge on any atom is 0.160 e. The molecule has 0 N–H and O–H groups in total. The van der Waals surface area contributed by atoms with Crippen molar-refractivity contribution in [2.45, 2.75) is 0 Å². The molecule has 0 unspecified atom stereocenters. The largest absolute Gasteiger partial charge is 0.453 e. The summed E-state index contributed by atoms with van der Waals surface area (Å²) in [4.78, 5) is 2.39. The van der Waals surface area contributed by atoms with Crippen molar-refractivity contribution in [1.29, 1.82) is 0 Å². The minimum absolute atomic E-state index is 0.873. The number of anilines is 3. The third kappa shape index (κ3) is 6.09. The molecule has 0 bridgehead atoms. The van der Waals surface area contributed by atoms with E-state index >= 15 is 0 Å². The Bertz CT molecular complexity index is 3400. The molecular weight excluding hydrogens is 759 g/mol. The van der Waals surface area contributed by atoms with Gasteiger partial charge in [0.2, 0.25) is 0 Å². The Hall–Kier alpha value is -7.72. The maximum absolute atomic E-state index is 7.24. The van der Waals surface area contributed by atoms with Crippen molar-refractivity contribution in [1.82, 2.24) is 0 Å². The van der Waals surface area contributed by atoms with Crippen molar-refractivity contribution in [3.8, 4) is 44.5 Å². The maximum atomic E-state index is 7.24. The Kier molecular flexibility index (Phi) is 8.39. The summed E-state index contributed by atoms with van der Waals surface area (Å²) in [5.41, 5.74) is 14.5. The smallest absolute Gasteiger partial charge is 0.160 e. The number of fused-ring (bicyclic) bond motifs is 8. The summed E-state index contributed by atoms with van der Waals surface area (Å²) in [5, 5.41) is 6.94. The number of nitrogens with zero attached hydrogens (tertiary/aromatic N) is 1. The van der Waals surface area contributed by atoms with E-state index in [2.05, 4.69) is 229 Å². The van der Waals surface area contributed by atoms with Gasteiger partial charge in [0.15, 0.2) is 5.58 Å². The molecule has 286 valence electrons. The average molecular weight is 796 g/mol. The van der Waals surface area contributed by atoms with Crippen LogP contribution in [-0.4, -0.2) is 0 Å². The van der Waals surface area contributed by atoms with Crippen LogP contribution in [-0.2, 0) is 0 Å². The van der Waals surface area contributed by atoms with E-state index in [9.17, 15) is 0 Å². The molecule has 3 heteroatoms. The third-order valence-corrected chi connectivity index (χ3v) is 13.2. The molecule has 10 aromatic carbocycles. The second-order valence-electron chi connectivity index (χ2n) is 15.7. The first-order valence-electron chi connectivity index (χ1n) is 20.7. The first-order chi connectivity index (χ1) is 30.2. The minimum Gasteiger partial charge on any atom is -0.453 e. The number of furan rings is 1. The molecule has 0 saturated carbocycles. The summed E-state index contributed by atoms with van der Waals surface area (Å²) >= 11 is 1.82. The van der Waals surface area contributed by atoms with Crippen LogP contribution in [0, 0.1) is 0 Å². The number of rotatable bonds is 7. The SMILES string of the molecule is c1ccc(-c2ccc(-c3ccc(N(c4ccc(-c5ccc(-c6ccccc6)cc5)cc4)c4c5ccccc5cc5c4oc4c5ccc5sc6ccccc6c54)cc3)cc2)cc1. The summed E-state index contributed by atoms with van der Waals surface area (Å²) in [5.74, 6) is 0. The summed E-state index contributed by atoms with van der Waals surface area (Å²) < 4.78 is 9.74.